The number of thiocarbonyl (C=S) groups is 1. The van der Waals surface area contributed by atoms with E-state index >= 15 is 0 Å². The van der Waals surface area contributed by atoms with Crippen LogP contribution in [0.25, 0.3) is 0 Å². The molecule has 12 heteroatoms. The van der Waals surface area contributed by atoms with E-state index < -0.39 is 39.5 Å². The SMILES string of the molecule is CCCC(=O)Oc1ccc(C(=O)OCCOC(=O)C(C)(CC(C)(CC(C)(C)C#N)C(=O)NCC(C)O)SC(=S)c2ccccc2)cc1. The molecular weight excluding hydrogens is 641 g/mol. The van der Waals surface area contributed by atoms with Gasteiger partial charge in [0.25, 0.3) is 0 Å². The van der Waals surface area contributed by atoms with Crippen molar-refractivity contribution < 1.29 is 38.5 Å². The Kier molecular flexibility index (Phi) is 15.0. The number of amides is 1. The number of carbonyl (C=O) groups excluding carboxylic acids is 4. The van der Waals surface area contributed by atoms with E-state index in [9.17, 15) is 29.5 Å². The fraction of sp³-hybridized carbons (Fsp3) is 0.486. The molecule has 47 heavy (non-hydrogen) atoms. The van der Waals surface area contributed by atoms with Crippen molar-refractivity contribution in [2.45, 2.75) is 78.1 Å². The summed E-state index contributed by atoms with van der Waals surface area (Å²) in [5.74, 6) is -1.82. The lowest BCUT2D eigenvalue weighted by Gasteiger charge is -2.39. The van der Waals surface area contributed by atoms with E-state index in [0.29, 0.717) is 21.9 Å². The summed E-state index contributed by atoms with van der Waals surface area (Å²) in [5.41, 5.74) is -1.23. The van der Waals surface area contributed by atoms with Crippen molar-refractivity contribution in [2.24, 2.45) is 10.8 Å². The average molecular weight is 685 g/mol. The van der Waals surface area contributed by atoms with Crippen molar-refractivity contribution in [3.05, 3.63) is 65.7 Å². The highest BCUT2D eigenvalue weighted by Gasteiger charge is 2.49. The third-order valence-corrected chi connectivity index (χ3v) is 8.72. The number of esters is 3. The van der Waals surface area contributed by atoms with E-state index in [1.807, 2.05) is 37.3 Å². The predicted molar refractivity (Wildman–Crippen MR) is 184 cm³/mol. The first-order valence-electron chi connectivity index (χ1n) is 15.4. The smallest absolute Gasteiger partial charge is 0.338 e. The molecule has 3 atom stereocenters. The lowest BCUT2D eigenvalue weighted by molar-refractivity contribution is -0.149. The average Bonchev–Trinajstić information content (AvgIpc) is 3.02. The Morgan fingerprint density at radius 2 is 1.57 bits per heavy atom. The molecule has 10 nitrogen and oxygen atoms in total. The molecule has 3 unspecified atom stereocenters. The van der Waals surface area contributed by atoms with Crippen molar-refractivity contribution in [3.63, 3.8) is 0 Å². The Bertz CT molecular complexity index is 1440. The van der Waals surface area contributed by atoms with Gasteiger partial charge in [-0.2, -0.15) is 5.26 Å². The molecule has 2 rings (SSSR count). The minimum atomic E-state index is -1.40. The van der Waals surface area contributed by atoms with Crippen LogP contribution < -0.4 is 10.1 Å². The number of carbonyl (C=O) groups is 4. The molecule has 0 radical (unpaired) electrons. The number of rotatable bonds is 17. The van der Waals surface area contributed by atoms with E-state index in [1.165, 1.54) is 24.3 Å². The van der Waals surface area contributed by atoms with Gasteiger partial charge in [-0.05, 0) is 76.8 Å². The Morgan fingerprint density at radius 1 is 0.957 bits per heavy atom. The molecule has 2 N–H and O–H groups in total. The van der Waals surface area contributed by atoms with Gasteiger partial charge in [-0.15, -0.1) is 0 Å². The van der Waals surface area contributed by atoms with Crippen LogP contribution in [-0.2, 0) is 23.9 Å². The molecule has 2 aromatic carbocycles. The van der Waals surface area contributed by atoms with Crippen molar-refractivity contribution in [1.82, 2.24) is 5.32 Å². The van der Waals surface area contributed by atoms with Gasteiger partial charge in [0.15, 0.2) is 0 Å². The van der Waals surface area contributed by atoms with Gasteiger partial charge in [-0.1, -0.05) is 68.2 Å². The molecule has 0 spiro atoms. The highest BCUT2D eigenvalue weighted by Crippen LogP contribution is 2.46. The van der Waals surface area contributed by atoms with E-state index in [-0.39, 0.29) is 50.6 Å². The van der Waals surface area contributed by atoms with E-state index in [2.05, 4.69) is 11.4 Å². The summed E-state index contributed by atoms with van der Waals surface area (Å²) in [7, 11) is 0. The molecule has 0 heterocycles. The molecular formula is C35H44N2O8S2. The molecule has 2 aromatic rings. The number of aliphatic hydroxyl groups excluding tert-OH is 1. The van der Waals surface area contributed by atoms with Gasteiger partial charge in [0.05, 0.1) is 27.3 Å². The summed E-state index contributed by atoms with van der Waals surface area (Å²) in [5, 5.41) is 22.3. The Labute approximate surface area is 286 Å². The van der Waals surface area contributed by atoms with Gasteiger partial charge >= 0.3 is 17.9 Å². The highest BCUT2D eigenvalue weighted by molar-refractivity contribution is 8.25. The van der Waals surface area contributed by atoms with Crippen LogP contribution in [0.4, 0.5) is 0 Å². The number of hydrogen-bond acceptors (Lipinski definition) is 11. The maximum absolute atomic E-state index is 13.8. The van der Waals surface area contributed by atoms with Crippen LogP contribution in [0.3, 0.4) is 0 Å². The zero-order chi connectivity index (χ0) is 35.3. The number of thioether (sulfide) groups is 1. The lowest BCUT2D eigenvalue weighted by Crippen LogP contribution is -2.49. The van der Waals surface area contributed by atoms with Crippen molar-refractivity contribution in [1.29, 1.82) is 5.26 Å². The van der Waals surface area contributed by atoms with Crippen molar-refractivity contribution in [2.75, 3.05) is 19.8 Å². The summed E-state index contributed by atoms with van der Waals surface area (Å²) in [6.07, 6.45) is 0.196. The summed E-state index contributed by atoms with van der Waals surface area (Å²) >= 11 is 6.78. The summed E-state index contributed by atoms with van der Waals surface area (Å²) in [6, 6.07) is 17.3. The number of hydrogen-bond donors (Lipinski definition) is 2. The van der Waals surface area contributed by atoms with Gasteiger partial charge < -0.3 is 24.6 Å². The van der Waals surface area contributed by atoms with E-state index in [0.717, 1.165) is 11.8 Å². The third kappa shape index (κ3) is 12.7. The molecule has 0 aliphatic heterocycles. The number of aliphatic hydroxyl groups is 1. The second kappa shape index (κ2) is 17.9. The van der Waals surface area contributed by atoms with Crippen LogP contribution >= 0.6 is 24.0 Å². The second-order valence-corrected chi connectivity index (χ2v) is 14.7. The standard InChI is InChI=1S/C35H44N2O8S2/c1-7-11-28(39)45-27-16-14-25(15-17-27)29(40)43-18-19-44-32(42)35(6,47-30(46)26-12-9-8-10-13-26)22-34(5,21-33(3,4)23-36)31(41)37-20-24(2)38/h8-10,12-17,24,38H,7,11,18-22H2,1-6H3,(H,37,41). The second-order valence-electron chi connectivity index (χ2n) is 12.5. The lowest BCUT2D eigenvalue weighted by atomic mass is 9.69. The summed E-state index contributed by atoms with van der Waals surface area (Å²) in [4.78, 5) is 51.7. The molecule has 0 aliphatic carbocycles. The zero-order valence-corrected chi connectivity index (χ0v) is 29.4. The van der Waals surface area contributed by atoms with Gasteiger partial charge in [0.1, 0.15) is 23.7 Å². The van der Waals surface area contributed by atoms with Crippen LogP contribution in [0, 0.1) is 22.2 Å². The first kappa shape index (κ1) is 39.4. The number of benzene rings is 2. The molecule has 0 saturated carbocycles. The number of nitrogens with zero attached hydrogens (tertiary/aromatic N) is 1. The Morgan fingerprint density at radius 3 is 2.15 bits per heavy atom. The van der Waals surface area contributed by atoms with Gasteiger partial charge in [-0.25, -0.2) is 4.79 Å². The maximum Gasteiger partial charge on any atom is 0.338 e. The fourth-order valence-corrected chi connectivity index (χ4v) is 6.86. The first-order valence-corrected chi connectivity index (χ1v) is 16.6. The highest BCUT2D eigenvalue weighted by atomic mass is 32.2. The van der Waals surface area contributed by atoms with Crippen LogP contribution in [0.5, 0.6) is 5.75 Å². The molecule has 254 valence electrons. The topological polar surface area (TPSA) is 152 Å². The predicted octanol–water partition coefficient (Wildman–Crippen LogP) is 5.79. The summed E-state index contributed by atoms with van der Waals surface area (Å²) in [6.45, 7) is 9.64. The van der Waals surface area contributed by atoms with Crippen LogP contribution in [0.2, 0.25) is 0 Å². The first-order chi connectivity index (χ1) is 22.0. The van der Waals surface area contributed by atoms with Crippen molar-refractivity contribution in [3.8, 4) is 11.8 Å². The fourth-order valence-electron chi connectivity index (χ4n) is 4.97. The largest absolute Gasteiger partial charge is 0.461 e. The molecule has 0 saturated heterocycles. The molecule has 1 amide bonds. The van der Waals surface area contributed by atoms with E-state index in [1.54, 1.807) is 34.6 Å². The minimum absolute atomic E-state index is 0.00373. The molecule has 0 bridgehead atoms. The maximum atomic E-state index is 13.8. The summed E-state index contributed by atoms with van der Waals surface area (Å²) < 4.78 is 15.1. The quantitative estimate of drug-likeness (QED) is 0.0901. The number of nitrogens with one attached hydrogen (secondary N) is 1. The van der Waals surface area contributed by atoms with Gasteiger partial charge in [0.2, 0.25) is 5.91 Å². The molecule has 0 fully saturated rings. The van der Waals surface area contributed by atoms with Gasteiger partial charge in [-0.3, -0.25) is 14.4 Å². The molecule has 0 aliphatic rings. The Balaban J connectivity index is 2.22. The monoisotopic (exact) mass is 684 g/mol. The molecule has 0 aromatic heterocycles. The van der Waals surface area contributed by atoms with Crippen LogP contribution in [-0.4, -0.2) is 63.7 Å². The third-order valence-electron chi connectivity index (χ3n) is 7.05. The normalized spacial score (nSPS) is 14.3. The van der Waals surface area contributed by atoms with Crippen LogP contribution in [0.15, 0.2) is 54.6 Å². The number of nitriles is 1. The van der Waals surface area contributed by atoms with Gasteiger partial charge in [0, 0.05) is 18.4 Å². The Hall–Kier alpha value is -3.79. The van der Waals surface area contributed by atoms with E-state index in [4.69, 9.17) is 26.4 Å². The van der Waals surface area contributed by atoms with Crippen LogP contribution in [0.1, 0.15) is 83.1 Å². The minimum Gasteiger partial charge on any atom is -0.461 e. The van der Waals surface area contributed by atoms with Crippen molar-refractivity contribution >= 4 is 52.0 Å². The number of ether oxygens (including phenoxy) is 3. The zero-order valence-electron chi connectivity index (χ0n) is 27.8.